The van der Waals surface area contributed by atoms with Gasteiger partial charge in [0.15, 0.2) is 11.5 Å². The molecule has 0 radical (unpaired) electrons. The maximum absolute atomic E-state index is 12.3. The first kappa shape index (κ1) is 19.6. The van der Waals surface area contributed by atoms with Crippen molar-refractivity contribution in [3.8, 4) is 11.3 Å². The highest BCUT2D eigenvalue weighted by Gasteiger charge is 2.20. The first-order valence-electron chi connectivity index (χ1n) is 9.75. The van der Waals surface area contributed by atoms with Crippen LogP contribution in [0.1, 0.15) is 29.0 Å². The summed E-state index contributed by atoms with van der Waals surface area (Å²) >= 11 is 6.08. The quantitative estimate of drug-likeness (QED) is 0.556. The topological polar surface area (TPSA) is 96.2 Å². The number of hydrogen-bond donors (Lipinski definition) is 3. The lowest BCUT2D eigenvalue weighted by atomic mass is 9.98. The Morgan fingerprint density at radius 2 is 2.14 bits per heavy atom. The van der Waals surface area contributed by atoms with Crippen LogP contribution < -0.4 is 16.0 Å². The molecule has 0 spiro atoms. The third kappa shape index (κ3) is 4.04. The molecule has 9 heteroatoms. The fraction of sp³-hybridized carbons (Fsp3) is 0.400. The standard InChI is InChI=1S/C20H24ClN7O/c1-12-17(20(29)22-2)27-19-18(25-10-13-3-6-23-7-4-13)26-15(11-28(12)19)14-5-8-24-16(21)9-14/h5,8-9,11,13,23H,3-4,6-7,10H2,1-2H3,(H,22,29)(H,25,26). The Morgan fingerprint density at radius 1 is 1.34 bits per heavy atom. The van der Waals surface area contributed by atoms with Gasteiger partial charge in [-0.15, -0.1) is 0 Å². The summed E-state index contributed by atoms with van der Waals surface area (Å²) in [6.45, 7) is 4.76. The van der Waals surface area contributed by atoms with Crippen molar-refractivity contribution in [1.82, 2.24) is 30.0 Å². The van der Waals surface area contributed by atoms with E-state index in [0.29, 0.717) is 28.2 Å². The van der Waals surface area contributed by atoms with Crippen molar-refractivity contribution in [2.45, 2.75) is 19.8 Å². The number of rotatable bonds is 5. The highest BCUT2D eigenvalue weighted by atomic mass is 35.5. The van der Waals surface area contributed by atoms with Crippen molar-refractivity contribution in [1.29, 1.82) is 0 Å². The van der Waals surface area contributed by atoms with Crippen LogP contribution in [0.3, 0.4) is 0 Å². The molecule has 0 atom stereocenters. The van der Waals surface area contributed by atoms with Gasteiger partial charge in [0, 0.05) is 31.5 Å². The van der Waals surface area contributed by atoms with Crippen LogP contribution in [-0.4, -0.2) is 51.9 Å². The van der Waals surface area contributed by atoms with Gasteiger partial charge in [0.25, 0.3) is 5.91 Å². The van der Waals surface area contributed by atoms with Gasteiger partial charge in [-0.25, -0.2) is 15.0 Å². The maximum Gasteiger partial charge on any atom is 0.271 e. The molecule has 1 aliphatic heterocycles. The Labute approximate surface area is 174 Å². The smallest absolute Gasteiger partial charge is 0.271 e. The van der Waals surface area contributed by atoms with Gasteiger partial charge in [-0.1, -0.05) is 11.6 Å². The van der Waals surface area contributed by atoms with E-state index in [2.05, 4.69) is 25.9 Å². The number of hydrogen-bond acceptors (Lipinski definition) is 6. The Morgan fingerprint density at radius 3 is 2.86 bits per heavy atom. The van der Waals surface area contributed by atoms with Crippen LogP contribution >= 0.6 is 11.6 Å². The van der Waals surface area contributed by atoms with Crippen molar-refractivity contribution in [2.75, 3.05) is 32.0 Å². The van der Waals surface area contributed by atoms with Crippen LogP contribution in [0.4, 0.5) is 5.82 Å². The van der Waals surface area contributed by atoms with Crippen LogP contribution in [0.2, 0.25) is 5.15 Å². The zero-order valence-corrected chi connectivity index (χ0v) is 17.3. The molecule has 4 heterocycles. The van der Waals surface area contributed by atoms with Gasteiger partial charge in [0.2, 0.25) is 0 Å². The number of carbonyl (C=O) groups is 1. The van der Waals surface area contributed by atoms with E-state index in [1.54, 1.807) is 19.3 Å². The molecule has 8 nitrogen and oxygen atoms in total. The van der Waals surface area contributed by atoms with E-state index >= 15 is 0 Å². The fourth-order valence-corrected chi connectivity index (χ4v) is 3.81. The van der Waals surface area contributed by atoms with Crippen molar-refractivity contribution < 1.29 is 4.79 Å². The summed E-state index contributed by atoms with van der Waals surface area (Å²) in [6.07, 6.45) is 5.79. The molecule has 0 aromatic carbocycles. The number of nitrogens with one attached hydrogen (secondary N) is 3. The van der Waals surface area contributed by atoms with Gasteiger partial charge in [-0.2, -0.15) is 0 Å². The van der Waals surface area contributed by atoms with Crippen molar-refractivity contribution in [2.24, 2.45) is 5.92 Å². The number of piperidine rings is 1. The molecule has 0 bridgehead atoms. The van der Waals surface area contributed by atoms with E-state index in [1.165, 1.54) is 0 Å². The second-order valence-electron chi connectivity index (χ2n) is 7.23. The number of aryl methyl sites for hydroxylation is 1. The molecule has 1 saturated heterocycles. The molecular formula is C20H24ClN7O. The number of imidazole rings is 1. The van der Waals surface area contributed by atoms with Crippen LogP contribution in [0, 0.1) is 12.8 Å². The summed E-state index contributed by atoms with van der Waals surface area (Å²) < 4.78 is 1.91. The second-order valence-corrected chi connectivity index (χ2v) is 7.62. The van der Waals surface area contributed by atoms with Gasteiger partial charge in [-0.3, -0.25) is 9.20 Å². The van der Waals surface area contributed by atoms with Crippen LogP contribution in [-0.2, 0) is 0 Å². The highest BCUT2D eigenvalue weighted by molar-refractivity contribution is 6.29. The summed E-state index contributed by atoms with van der Waals surface area (Å²) in [5.41, 5.74) is 3.38. The Kier molecular flexibility index (Phi) is 5.64. The lowest BCUT2D eigenvalue weighted by Crippen LogP contribution is -2.31. The number of aromatic nitrogens is 4. The van der Waals surface area contributed by atoms with Gasteiger partial charge in [-0.05, 0) is 50.9 Å². The zero-order chi connectivity index (χ0) is 20.4. The minimum Gasteiger partial charge on any atom is -0.367 e. The van der Waals surface area contributed by atoms with Crippen molar-refractivity contribution >= 4 is 29.0 Å². The third-order valence-electron chi connectivity index (χ3n) is 5.33. The van der Waals surface area contributed by atoms with E-state index in [9.17, 15) is 4.79 Å². The molecule has 0 saturated carbocycles. The number of fused-ring (bicyclic) bond motifs is 1. The second kappa shape index (κ2) is 8.34. The Balaban J connectivity index is 1.78. The van der Waals surface area contributed by atoms with Crippen molar-refractivity contribution in [3.05, 3.63) is 41.1 Å². The average molecular weight is 414 g/mol. The lowest BCUT2D eigenvalue weighted by molar-refractivity contribution is 0.0958. The Hall–Kier alpha value is -2.71. The number of nitrogens with zero attached hydrogens (tertiary/aromatic N) is 4. The summed E-state index contributed by atoms with van der Waals surface area (Å²) in [7, 11) is 1.60. The maximum atomic E-state index is 12.3. The number of pyridine rings is 1. The van der Waals surface area contributed by atoms with Crippen LogP contribution in [0.15, 0.2) is 24.5 Å². The van der Waals surface area contributed by atoms with E-state index in [0.717, 1.165) is 49.4 Å². The molecule has 3 N–H and O–H groups in total. The average Bonchev–Trinajstić information content (AvgIpc) is 3.09. The molecule has 152 valence electrons. The van der Waals surface area contributed by atoms with E-state index < -0.39 is 0 Å². The first-order valence-corrected chi connectivity index (χ1v) is 10.1. The monoisotopic (exact) mass is 413 g/mol. The largest absolute Gasteiger partial charge is 0.367 e. The zero-order valence-electron chi connectivity index (χ0n) is 16.5. The molecular weight excluding hydrogens is 390 g/mol. The SMILES string of the molecule is CNC(=O)c1nc2c(NCC3CCNCC3)nc(-c3ccnc(Cl)c3)cn2c1C. The van der Waals surface area contributed by atoms with E-state index in [-0.39, 0.29) is 5.91 Å². The predicted molar refractivity (Wildman–Crippen MR) is 113 cm³/mol. The molecule has 1 amide bonds. The molecule has 4 rings (SSSR count). The number of halogens is 1. The minimum atomic E-state index is -0.219. The Bertz CT molecular complexity index is 1040. The van der Waals surface area contributed by atoms with Crippen LogP contribution in [0.5, 0.6) is 0 Å². The summed E-state index contributed by atoms with van der Waals surface area (Å²) in [5, 5.41) is 9.92. The van der Waals surface area contributed by atoms with Gasteiger partial charge < -0.3 is 16.0 Å². The highest BCUT2D eigenvalue weighted by Crippen LogP contribution is 2.26. The van der Waals surface area contributed by atoms with E-state index in [4.69, 9.17) is 16.6 Å². The molecule has 0 aliphatic carbocycles. The molecule has 1 aliphatic rings. The summed E-state index contributed by atoms with van der Waals surface area (Å²) in [6, 6.07) is 3.64. The summed E-state index contributed by atoms with van der Waals surface area (Å²) in [4.78, 5) is 25.7. The van der Waals surface area contributed by atoms with Gasteiger partial charge >= 0.3 is 0 Å². The number of anilines is 1. The number of amides is 1. The molecule has 29 heavy (non-hydrogen) atoms. The molecule has 3 aromatic heterocycles. The van der Waals surface area contributed by atoms with Crippen molar-refractivity contribution in [3.63, 3.8) is 0 Å². The normalized spacial score (nSPS) is 14.9. The summed E-state index contributed by atoms with van der Waals surface area (Å²) in [5.74, 6) is 1.02. The third-order valence-corrected chi connectivity index (χ3v) is 5.53. The lowest BCUT2D eigenvalue weighted by Gasteiger charge is -2.23. The van der Waals surface area contributed by atoms with Gasteiger partial charge in [0.1, 0.15) is 10.8 Å². The van der Waals surface area contributed by atoms with E-state index in [1.807, 2.05) is 23.6 Å². The minimum absolute atomic E-state index is 0.219. The van der Waals surface area contributed by atoms with Crippen LogP contribution in [0.25, 0.3) is 16.9 Å². The molecule has 0 unspecified atom stereocenters. The fourth-order valence-electron chi connectivity index (χ4n) is 3.64. The number of carbonyl (C=O) groups excluding carboxylic acids is 1. The van der Waals surface area contributed by atoms with Gasteiger partial charge in [0.05, 0.1) is 11.4 Å². The predicted octanol–water partition coefficient (Wildman–Crippen LogP) is 2.52. The molecule has 1 fully saturated rings. The first-order chi connectivity index (χ1) is 14.1. The molecule has 3 aromatic rings.